The van der Waals surface area contributed by atoms with Gasteiger partial charge < -0.3 is 14.6 Å². The molecule has 0 unspecified atom stereocenters. The monoisotopic (exact) mass is 372 g/mol. The number of benzene rings is 1. The second-order valence-electron chi connectivity index (χ2n) is 7.31. The Morgan fingerprint density at radius 3 is 2.78 bits per heavy atom. The first-order valence-corrected chi connectivity index (χ1v) is 9.35. The Balaban J connectivity index is 1.64. The van der Waals surface area contributed by atoms with E-state index < -0.39 is 5.82 Å². The molecule has 1 aliphatic rings. The lowest BCUT2D eigenvalue weighted by Crippen LogP contribution is -2.43. The van der Waals surface area contributed by atoms with Crippen molar-refractivity contribution in [3.8, 4) is 5.75 Å². The summed E-state index contributed by atoms with van der Waals surface area (Å²) in [6, 6.07) is 9.70. The van der Waals surface area contributed by atoms with E-state index in [0.29, 0.717) is 19.7 Å². The predicted molar refractivity (Wildman–Crippen MR) is 102 cm³/mol. The molecule has 1 saturated heterocycles. The molecule has 144 valence electrons. The van der Waals surface area contributed by atoms with Gasteiger partial charge in [0.05, 0.1) is 6.61 Å². The molecule has 0 radical (unpaired) electrons. The minimum absolute atomic E-state index is 0.108. The Kier molecular flexibility index (Phi) is 5.94. The van der Waals surface area contributed by atoms with Crippen LogP contribution in [0.25, 0.3) is 0 Å². The van der Waals surface area contributed by atoms with E-state index in [1.165, 1.54) is 6.07 Å². The summed E-state index contributed by atoms with van der Waals surface area (Å²) in [5.41, 5.74) is 0.623. The number of hydrogen-bond acceptors (Lipinski definition) is 3. The Hall–Kier alpha value is -2.63. The van der Waals surface area contributed by atoms with Gasteiger partial charge in [-0.2, -0.15) is 0 Å². The second-order valence-corrected chi connectivity index (χ2v) is 7.31. The number of H-pyrrole nitrogens is 1. The maximum atomic E-state index is 13.7. The van der Waals surface area contributed by atoms with Gasteiger partial charge in [0.1, 0.15) is 5.56 Å². The fraction of sp³-hybridized carbons (Fsp3) is 0.429. The van der Waals surface area contributed by atoms with E-state index in [1.807, 2.05) is 13.8 Å². The van der Waals surface area contributed by atoms with Gasteiger partial charge in [-0.15, -0.1) is 0 Å². The summed E-state index contributed by atoms with van der Waals surface area (Å²) in [7, 11) is 0. The average Bonchev–Trinajstić information content (AvgIpc) is 2.67. The highest BCUT2D eigenvalue weighted by atomic mass is 19.1. The molecule has 1 aliphatic heterocycles. The van der Waals surface area contributed by atoms with Crippen molar-refractivity contribution in [1.82, 2.24) is 9.88 Å². The van der Waals surface area contributed by atoms with Gasteiger partial charge in [0.25, 0.3) is 11.5 Å². The van der Waals surface area contributed by atoms with E-state index in [-0.39, 0.29) is 34.6 Å². The van der Waals surface area contributed by atoms with Crippen molar-refractivity contribution >= 4 is 5.91 Å². The lowest BCUT2D eigenvalue weighted by molar-refractivity contribution is 0.0629. The lowest BCUT2D eigenvalue weighted by atomic mass is 9.98. The van der Waals surface area contributed by atoms with E-state index in [4.69, 9.17) is 4.74 Å². The van der Waals surface area contributed by atoms with Gasteiger partial charge >= 0.3 is 0 Å². The Labute approximate surface area is 158 Å². The van der Waals surface area contributed by atoms with Gasteiger partial charge in [-0.25, -0.2) is 4.39 Å². The smallest absolute Gasteiger partial charge is 0.261 e. The molecule has 3 rings (SSSR count). The number of carbonyl (C=O) groups excluding carboxylic acids is 1. The number of nitrogens with one attached hydrogen (secondary N) is 1. The van der Waals surface area contributed by atoms with Crippen LogP contribution in [0.2, 0.25) is 0 Å². The molecular weight excluding hydrogens is 347 g/mol. The first-order valence-electron chi connectivity index (χ1n) is 9.35. The van der Waals surface area contributed by atoms with Crippen molar-refractivity contribution in [2.75, 3.05) is 19.7 Å². The van der Waals surface area contributed by atoms with Gasteiger partial charge in [0.2, 0.25) is 0 Å². The van der Waals surface area contributed by atoms with Gasteiger partial charge in [-0.05, 0) is 43.0 Å². The number of aromatic amines is 1. The molecule has 5 nitrogen and oxygen atoms in total. The summed E-state index contributed by atoms with van der Waals surface area (Å²) in [5.74, 6) is -0.130. The third-order valence-corrected chi connectivity index (χ3v) is 4.90. The number of pyridine rings is 1. The minimum atomic E-state index is -0.391. The second kappa shape index (κ2) is 8.37. The van der Waals surface area contributed by atoms with Crippen LogP contribution in [0.4, 0.5) is 4.39 Å². The average molecular weight is 372 g/mol. The van der Waals surface area contributed by atoms with Crippen molar-refractivity contribution in [3.63, 3.8) is 0 Å². The molecule has 1 N–H and O–H groups in total. The number of para-hydroxylation sites is 1. The quantitative estimate of drug-likeness (QED) is 0.873. The van der Waals surface area contributed by atoms with Crippen LogP contribution in [0.5, 0.6) is 5.75 Å². The maximum Gasteiger partial charge on any atom is 0.261 e. The predicted octanol–water partition coefficient (Wildman–Crippen LogP) is 3.57. The lowest BCUT2D eigenvalue weighted by Gasteiger charge is -2.32. The Morgan fingerprint density at radius 1 is 1.30 bits per heavy atom. The molecule has 6 heteroatoms. The van der Waals surface area contributed by atoms with E-state index in [0.717, 1.165) is 18.5 Å². The van der Waals surface area contributed by atoms with Crippen LogP contribution in [0, 0.1) is 11.7 Å². The topological polar surface area (TPSA) is 62.4 Å². The van der Waals surface area contributed by atoms with Crippen LogP contribution in [-0.4, -0.2) is 35.5 Å². The van der Waals surface area contributed by atoms with Gasteiger partial charge in [-0.3, -0.25) is 9.59 Å². The van der Waals surface area contributed by atoms with Crippen molar-refractivity contribution < 1.29 is 13.9 Å². The van der Waals surface area contributed by atoms with Gasteiger partial charge in [-0.1, -0.05) is 26.0 Å². The molecule has 1 aromatic carbocycles. The van der Waals surface area contributed by atoms with E-state index >= 15 is 0 Å². The zero-order chi connectivity index (χ0) is 19.4. The first kappa shape index (κ1) is 19.1. The fourth-order valence-electron chi connectivity index (χ4n) is 3.32. The molecule has 0 aliphatic carbocycles. The fourth-order valence-corrected chi connectivity index (χ4v) is 3.32. The molecule has 1 aromatic heterocycles. The zero-order valence-electron chi connectivity index (χ0n) is 15.7. The van der Waals surface area contributed by atoms with E-state index in [1.54, 1.807) is 35.2 Å². The number of piperidine rings is 1. The maximum absolute atomic E-state index is 13.7. The largest absolute Gasteiger partial charge is 0.490 e. The number of halogens is 1. The number of ether oxygens (including phenoxy) is 1. The zero-order valence-corrected chi connectivity index (χ0v) is 15.7. The van der Waals surface area contributed by atoms with Crippen LogP contribution >= 0.6 is 0 Å². The molecule has 27 heavy (non-hydrogen) atoms. The molecule has 2 heterocycles. The number of nitrogens with zero attached hydrogens (tertiary/aromatic N) is 1. The van der Waals surface area contributed by atoms with E-state index in [2.05, 4.69) is 4.98 Å². The highest BCUT2D eigenvalue weighted by Crippen LogP contribution is 2.21. The summed E-state index contributed by atoms with van der Waals surface area (Å²) >= 11 is 0. The highest BCUT2D eigenvalue weighted by Gasteiger charge is 2.26. The van der Waals surface area contributed by atoms with Gasteiger partial charge in [0, 0.05) is 24.7 Å². The molecule has 1 fully saturated rings. The van der Waals surface area contributed by atoms with E-state index in [9.17, 15) is 14.0 Å². The number of aromatic nitrogens is 1. The molecule has 0 spiro atoms. The molecule has 0 bridgehead atoms. The summed E-state index contributed by atoms with van der Waals surface area (Å²) < 4.78 is 19.3. The van der Waals surface area contributed by atoms with Crippen molar-refractivity contribution in [2.45, 2.75) is 32.6 Å². The number of hydrogen-bond donors (Lipinski definition) is 1. The highest BCUT2D eigenvalue weighted by molar-refractivity contribution is 5.93. The third-order valence-electron chi connectivity index (χ3n) is 4.90. The first-order chi connectivity index (χ1) is 13.0. The SMILES string of the molecule is CC(C)c1ccc(C(=O)N2CCC[C@@H](COc3ccccc3F)C2)c(=O)[nH]1. The third kappa shape index (κ3) is 4.56. The number of rotatable bonds is 5. The molecule has 0 saturated carbocycles. The van der Waals surface area contributed by atoms with Crippen LogP contribution in [0.15, 0.2) is 41.2 Å². The van der Waals surface area contributed by atoms with Crippen molar-refractivity contribution in [1.29, 1.82) is 0 Å². The van der Waals surface area contributed by atoms with Crippen molar-refractivity contribution in [3.05, 3.63) is 63.8 Å². The van der Waals surface area contributed by atoms with Crippen LogP contribution in [0.1, 0.15) is 48.7 Å². The van der Waals surface area contributed by atoms with Crippen LogP contribution in [-0.2, 0) is 0 Å². The number of likely N-dealkylation sites (tertiary alicyclic amines) is 1. The molecule has 2 aromatic rings. The Morgan fingerprint density at radius 2 is 2.07 bits per heavy atom. The molecule has 1 atom stereocenters. The summed E-state index contributed by atoms with van der Waals surface area (Å²) in [6.07, 6.45) is 1.74. The van der Waals surface area contributed by atoms with Crippen LogP contribution < -0.4 is 10.3 Å². The van der Waals surface area contributed by atoms with Gasteiger partial charge in [0.15, 0.2) is 11.6 Å². The molecule has 1 amide bonds. The summed E-state index contributed by atoms with van der Waals surface area (Å²) in [5, 5.41) is 0. The number of amides is 1. The molecular formula is C21H25FN2O3. The summed E-state index contributed by atoms with van der Waals surface area (Å²) in [4.78, 5) is 29.6. The standard InChI is InChI=1S/C21H25FN2O3/c1-14(2)18-10-9-16(20(25)23-18)21(26)24-11-5-6-15(12-24)13-27-19-8-4-3-7-17(19)22/h3-4,7-10,14-15H,5-6,11-13H2,1-2H3,(H,23,25)/t15-/m1/s1. The number of carbonyl (C=O) groups is 1. The minimum Gasteiger partial charge on any atom is -0.490 e. The van der Waals surface area contributed by atoms with Crippen LogP contribution in [0.3, 0.4) is 0 Å². The van der Waals surface area contributed by atoms with Crippen molar-refractivity contribution in [2.24, 2.45) is 5.92 Å². The summed E-state index contributed by atoms with van der Waals surface area (Å²) in [6.45, 7) is 5.42. The Bertz CT molecular complexity index is 863. The normalized spacial score (nSPS) is 17.2.